The SMILES string of the molecule is O=C([O-])CC/C(=C\c1ccc(-c2ccccc2)cc1)c1nc2ccccc2s1. The number of thiazole rings is 1. The van der Waals surface area contributed by atoms with Gasteiger partial charge in [0.25, 0.3) is 0 Å². The summed E-state index contributed by atoms with van der Waals surface area (Å²) in [5.74, 6) is -1.05. The number of nitrogens with zero attached hydrogens (tertiary/aromatic N) is 1. The summed E-state index contributed by atoms with van der Waals surface area (Å²) in [5.41, 5.74) is 5.18. The molecule has 0 aliphatic rings. The van der Waals surface area contributed by atoms with Crippen molar-refractivity contribution >= 4 is 39.2 Å². The van der Waals surface area contributed by atoms with Crippen LogP contribution in [0.15, 0.2) is 78.9 Å². The maximum absolute atomic E-state index is 11.0. The van der Waals surface area contributed by atoms with E-state index in [0.29, 0.717) is 6.42 Å². The summed E-state index contributed by atoms with van der Waals surface area (Å²) in [6, 6.07) is 26.4. The molecule has 1 heterocycles. The largest absolute Gasteiger partial charge is 0.550 e. The Morgan fingerprint density at radius 3 is 2.25 bits per heavy atom. The Labute approximate surface area is 167 Å². The molecule has 3 aromatic carbocycles. The van der Waals surface area contributed by atoms with Crippen LogP contribution in [0.3, 0.4) is 0 Å². The Hall–Kier alpha value is -3.24. The number of hydrogen-bond donors (Lipinski definition) is 0. The maximum atomic E-state index is 11.0. The molecule has 0 saturated heterocycles. The first-order valence-electron chi connectivity index (χ1n) is 9.11. The fourth-order valence-electron chi connectivity index (χ4n) is 3.09. The van der Waals surface area contributed by atoms with Crippen molar-refractivity contribution in [2.45, 2.75) is 12.8 Å². The number of para-hydroxylation sites is 1. The first-order chi connectivity index (χ1) is 13.7. The normalized spacial score (nSPS) is 11.6. The van der Waals surface area contributed by atoms with E-state index >= 15 is 0 Å². The molecular weight excluding hydrogens is 366 g/mol. The zero-order valence-corrected chi connectivity index (χ0v) is 16.0. The zero-order valence-electron chi connectivity index (χ0n) is 15.2. The molecule has 0 bridgehead atoms. The van der Waals surface area contributed by atoms with Gasteiger partial charge in [0.15, 0.2) is 0 Å². The van der Waals surface area contributed by atoms with Crippen LogP contribution in [-0.4, -0.2) is 11.0 Å². The van der Waals surface area contributed by atoms with Gasteiger partial charge in [0.2, 0.25) is 0 Å². The molecule has 3 nitrogen and oxygen atoms in total. The minimum atomic E-state index is -1.05. The molecule has 0 fully saturated rings. The van der Waals surface area contributed by atoms with Crippen molar-refractivity contribution in [2.24, 2.45) is 0 Å². The average molecular weight is 384 g/mol. The van der Waals surface area contributed by atoms with Gasteiger partial charge in [-0.2, -0.15) is 0 Å². The van der Waals surface area contributed by atoms with Crippen molar-refractivity contribution in [3.63, 3.8) is 0 Å². The smallest absolute Gasteiger partial charge is 0.120 e. The van der Waals surface area contributed by atoms with E-state index in [-0.39, 0.29) is 6.42 Å². The van der Waals surface area contributed by atoms with E-state index in [1.54, 1.807) is 11.3 Å². The van der Waals surface area contributed by atoms with E-state index in [9.17, 15) is 9.90 Å². The first kappa shape index (κ1) is 18.1. The van der Waals surface area contributed by atoms with Crippen molar-refractivity contribution < 1.29 is 9.90 Å². The van der Waals surface area contributed by atoms with Crippen molar-refractivity contribution in [3.05, 3.63) is 89.4 Å². The molecule has 4 heteroatoms. The number of aliphatic carboxylic acids is 1. The molecule has 0 aliphatic heterocycles. The number of aromatic nitrogens is 1. The van der Waals surface area contributed by atoms with Gasteiger partial charge in [-0.25, -0.2) is 4.98 Å². The van der Waals surface area contributed by atoms with Gasteiger partial charge in [-0.1, -0.05) is 66.7 Å². The highest BCUT2D eigenvalue weighted by Gasteiger charge is 2.09. The molecule has 0 spiro atoms. The lowest BCUT2D eigenvalue weighted by Crippen LogP contribution is -2.21. The fraction of sp³-hybridized carbons (Fsp3) is 0.0833. The summed E-state index contributed by atoms with van der Waals surface area (Å²) in [6.07, 6.45) is 2.39. The Morgan fingerprint density at radius 1 is 0.857 bits per heavy atom. The third kappa shape index (κ3) is 4.18. The van der Waals surface area contributed by atoms with Gasteiger partial charge in [0, 0.05) is 5.97 Å². The number of carbonyl (C=O) groups excluding carboxylic acids is 1. The van der Waals surface area contributed by atoms with Crippen LogP contribution in [-0.2, 0) is 4.79 Å². The molecule has 0 aliphatic carbocycles. The van der Waals surface area contributed by atoms with Crippen molar-refractivity contribution in [2.75, 3.05) is 0 Å². The standard InChI is InChI=1S/C24H19NO2S/c26-23(27)15-14-20(24-25-21-8-4-5-9-22(21)28-24)16-17-10-12-19(13-11-17)18-6-2-1-3-7-18/h1-13,16H,14-15H2,(H,26,27)/p-1/b20-16+. The number of benzene rings is 3. The lowest BCUT2D eigenvalue weighted by Gasteiger charge is -2.07. The second-order valence-corrected chi connectivity index (χ2v) is 7.55. The molecule has 0 atom stereocenters. The summed E-state index contributed by atoms with van der Waals surface area (Å²) in [5, 5.41) is 11.9. The molecule has 1 aromatic heterocycles. The third-order valence-electron chi connectivity index (χ3n) is 4.53. The molecule has 4 rings (SSSR count). The highest BCUT2D eigenvalue weighted by atomic mass is 32.1. The van der Waals surface area contributed by atoms with E-state index in [1.165, 1.54) is 5.56 Å². The van der Waals surface area contributed by atoms with E-state index in [0.717, 1.165) is 31.9 Å². The van der Waals surface area contributed by atoms with E-state index in [4.69, 9.17) is 0 Å². The summed E-state index contributed by atoms with van der Waals surface area (Å²) < 4.78 is 1.09. The molecule has 28 heavy (non-hydrogen) atoms. The minimum Gasteiger partial charge on any atom is -0.550 e. The zero-order chi connectivity index (χ0) is 19.3. The molecule has 0 radical (unpaired) electrons. The van der Waals surface area contributed by atoms with Gasteiger partial charge in [-0.05, 0) is 53.3 Å². The van der Waals surface area contributed by atoms with Gasteiger partial charge >= 0.3 is 0 Å². The van der Waals surface area contributed by atoms with Crippen LogP contribution in [0.1, 0.15) is 23.4 Å². The number of carbonyl (C=O) groups is 1. The first-order valence-corrected chi connectivity index (χ1v) is 9.92. The van der Waals surface area contributed by atoms with Crippen molar-refractivity contribution in [3.8, 4) is 11.1 Å². The maximum Gasteiger partial charge on any atom is 0.120 e. The molecule has 4 aromatic rings. The number of rotatable bonds is 6. The van der Waals surface area contributed by atoms with E-state index in [1.807, 2.05) is 48.5 Å². The summed E-state index contributed by atoms with van der Waals surface area (Å²) >= 11 is 1.58. The van der Waals surface area contributed by atoms with Crippen LogP contribution in [0.2, 0.25) is 0 Å². The van der Waals surface area contributed by atoms with Crippen LogP contribution in [0, 0.1) is 0 Å². The summed E-state index contributed by atoms with van der Waals surface area (Å²) in [7, 11) is 0. The summed E-state index contributed by atoms with van der Waals surface area (Å²) in [6.45, 7) is 0. The Balaban J connectivity index is 1.67. The molecule has 0 amide bonds. The van der Waals surface area contributed by atoms with Crippen LogP contribution in [0.4, 0.5) is 0 Å². The molecule has 138 valence electrons. The Kier molecular flexibility index (Phi) is 5.31. The third-order valence-corrected chi connectivity index (χ3v) is 5.64. The predicted octanol–water partition coefficient (Wildman–Crippen LogP) is 5.03. The van der Waals surface area contributed by atoms with Crippen LogP contribution < -0.4 is 5.11 Å². The highest BCUT2D eigenvalue weighted by Crippen LogP contribution is 2.31. The molecule has 0 unspecified atom stereocenters. The van der Waals surface area contributed by atoms with Crippen LogP contribution >= 0.6 is 11.3 Å². The highest BCUT2D eigenvalue weighted by molar-refractivity contribution is 7.19. The van der Waals surface area contributed by atoms with Crippen LogP contribution in [0.25, 0.3) is 33.0 Å². The van der Waals surface area contributed by atoms with E-state index in [2.05, 4.69) is 41.4 Å². The number of allylic oxidation sites excluding steroid dienone is 1. The molecule has 0 N–H and O–H groups in total. The van der Waals surface area contributed by atoms with Gasteiger partial charge in [0.1, 0.15) is 5.01 Å². The van der Waals surface area contributed by atoms with E-state index < -0.39 is 5.97 Å². The fourth-order valence-corrected chi connectivity index (χ4v) is 4.10. The summed E-state index contributed by atoms with van der Waals surface area (Å²) in [4.78, 5) is 15.7. The molecular formula is C24H18NO2S-. The quantitative estimate of drug-likeness (QED) is 0.468. The van der Waals surface area contributed by atoms with Crippen molar-refractivity contribution in [1.82, 2.24) is 4.98 Å². The lowest BCUT2D eigenvalue weighted by atomic mass is 10.0. The van der Waals surface area contributed by atoms with Gasteiger partial charge in [-0.15, -0.1) is 11.3 Å². The van der Waals surface area contributed by atoms with Gasteiger partial charge in [0.05, 0.1) is 10.2 Å². The second kappa shape index (κ2) is 8.19. The number of hydrogen-bond acceptors (Lipinski definition) is 4. The van der Waals surface area contributed by atoms with Gasteiger partial charge < -0.3 is 9.90 Å². The Morgan fingerprint density at radius 2 is 1.54 bits per heavy atom. The van der Waals surface area contributed by atoms with Crippen molar-refractivity contribution in [1.29, 1.82) is 0 Å². The van der Waals surface area contributed by atoms with Gasteiger partial charge in [-0.3, -0.25) is 0 Å². The lowest BCUT2D eigenvalue weighted by molar-refractivity contribution is -0.305. The number of carboxylic acid groups (broad SMARTS) is 1. The average Bonchev–Trinajstić information content (AvgIpc) is 3.16. The number of fused-ring (bicyclic) bond motifs is 1. The Bertz CT molecular complexity index is 1100. The number of carboxylic acids is 1. The molecule has 0 saturated carbocycles. The monoisotopic (exact) mass is 384 g/mol. The minimum absolute atomic E-state index is 0.0240. The van der Waals surface area contributed by atoms with Crippen LogP contribution in [0.5, 0.6) is 0 Å². The second-order valence-electron chi connectivity index (χ2n) is 6.52. The predicted molar refractivity (Wildman–Crippen MR) is 114 cm³/mol. The topological polar surface area (TPSA) is 53.0 Å².